The van der Waals surface area contributed by atoms with Crippen molar-refractivity contribution in [3.63, 3.8) is 0 Å². The molecule has 0 saturated heterocycles. The number of nitrogens with zero attached hydrogens (tertiary/aromatic N) is 2. The van der Waals surface area contributed by atoms with E-state index in [-0.39, 0.29) is 34.7 Å². The second-order valence-corrected chi connectivity index (χ2v) is 3.87. The Bertz CT molecular complexity index is 678. The second-order valence-electron chi connectivity index (χ2n) is 3.87. The summed E-state index contributed by atoms with van der Waals surface area (Å²) >= 11 is 0. The highest BCUT2D eigenvalue weighted by atomic mass is 19.1. The highest BCUT2D eigenvalue weighted by Crippen LogP contribution is 2.27. The smallest absolute Gasteiger partial charge is 0.187 e. The van der Waals surface area contributed by atoms with Crippen molar-refractivity contribution in [2.45, 2.75) is 6.92 Å². The number of aliphatic hydroxyl groups excluding tert-OH is 1. The summed E-state index contributed by atoms with van der Waals surface area (Å²) in [5.41, 5.74) is 4.88. The van der Waals surface area contributed by atoms with Crippen molar-refractivity contribution < 1.29 is 23.8 Å². The molecule has 1 heterocycles. The Morgan fingerprint density at radius 1 is 1.19 bits per heavy atom. The van der Waals surface area contributed by atoms with Crippen molar-refractivity contribution in [2.24, 2.45) is 0 Å². The van der Waals surface area contributed by atoms with Gasteiger partial charge in [-0.1, -0.05) is 0 Å². The van der Waals surface area contributed by atoms with Crippen LogP contribution in [0.5, 0.6) is 5.75 Å². The van der Waals surface area contributed by atoms with Gasteiger partial charge in [0.25, 0.3) is 0 Å². The van der Waals surface area contributed by atoms with Gasteiger partial charge in [-0.05, 0) is 24.6 Å². The van der Waals surface area contributed by atoms with Crippen molar-refractivity contribution in [3.05, 3.63) is 35.0 Å². The molecule has 0 amide bonds. The predicted molar refractivity (Wildman–Crippen MR) is 71.7 cm³/mol. The van der Waals surface area contributed by atoms with E-state index in [9.17, 15) is 18.7 Å². The van der Waals surface area contributed by atoms with Crippen LogP contribution in [0.2, 0.25) is 0 Å². The van der Waals surface area contributed by atoms with Crippen molar-refractivity contribution >= 4 is 12.1 Å². The van der Waals surface area contributed by atoms with Gasteiger partial charge in [-0.3, -0.25) is 4.79 Å². The van der Waals surface area contributed by atoms with Gasteiger partial charge in [0.05, 0.1) is 5.56 Å². The topological polar surface area (TPSA) is 109 Å². The number of rotatable bonds is 2. The van der Waals surface area contributed by atoms with Crippen LogP contribution >= 0.6 is 0 Å². The quantitative estimate of drug-likeness (QED) is 0.724. The van der Waals surface area contributed by atoms with Gasteiger partial charge in [-0.15, -0.1) is 0 Å². The van der Waals surface area contributed by atoms with Gasteiger partial charge in [0.2, 0.25) is 0 Å². The summed E-state index contributed by atoms with van der Waals surface area (Å²) < 4.78 is 27.2. The molecule has 112 valence electrons. The zero-order valence-corrected chi connectivity index (χ0v) is 11.3. The molecule has 2 rings (SSSR count). The number of carbonyl (C=O) groups is 1. The molecule has 0 radical (unpaired) electrons. The Morgan fingerprint density at radius 3 is 2.38 bits per heavy atom. The van der Waals surface area contributed by atoms with Gasteiger partial charge in [0.1, 0.15) is 11.6 Å². The minimum atomic E-state index is -0.749. The first-order chi connectivity index (χ1) is 9.93. The fourth-order valence-corrected chi connectivity index (χ4v) is 1.51. The van der Waals surface area contributed by atoms with Crippen molar-refractivity contribution in [3.8, 4) is 17.1 Å². The summed E-state index contributed by atoms with van der Waals surface area (Å²) in [5, 5.41) is 16.4. The van der Waals surface area contributed by atoms with Gasteiger partial charge in [0, 0.05) is 7.11 Å². The second kappa shape index (κ2) is 6.71. The molecular formula is C13H13F2N3O3. The van der Waals surface area contributed by atoms with Crippen LogP contribution < -0.4 is 5.73 Å². The lowest BCUT2D eigenvalue weighted by Gasteiger charge is -2.07. The molecule has 0 unspecified atom stereocenters. The molecule has 1 aromatic heterocycles. The fourth-order valence-electron chi connectivity index (χ4n) is 1.51. The largest absolute Gasteiger partial charge is 0.503 e. The normalized spacial score (nSPS) is 9.76. The summed E-state index contributed by atoms with van der Waals surface area (Å²) in [7, 11) is 1.00. The number of nitrogens with two attached hydrogens (primary N) is 1. The summed E-state index contributed by atoms with van der Waals surface area (Å²) in [6, 6.07) is 1.89. The lowest BCUT2D eigenvalue weighted by molar-refractivity contribution is 0.111. The number of hydrogen-bond acceptors (Lipinski definition) is 6. The standard InChI is InChI=1S/C12H9F2N3O2.CH4O/c1-5-2-8(14)6(3-7(5)13)12-16-9(4-18)10(19)11(15)17-12;1-2/h2-4,19H,1H3,(H2,15,16,17);2H,1H3. The number of aromatic nitrogens is 2. The van der Waals surface area contributed by atoms with E-state index in [1.54, 1.807) is 0 Å². The minimum Gasteiger partial charge on any atom is -0.503 e. The Hall–Kier alpha value is -2.61. The fraction of sp³-hybridized carbons (Fsp3) is 0.154. The molecule has 6 nitrogen and oxygen atoms in total. The number of halogens is 2. The number of aromatic hydroxyl groups is 1. The van der Waals surface area contributed by atoms with E-state index in [0.717, 1.165) is 19.2 Å². The number of anilines is 1. The molecule has 0 bridgehead atoms. The van der Waals surface area contributed by atoms with Gasteiger partial charge < -0.3 is 15.9 Å². The van der Waals surface area contributed by atoms with Gasteiger partial charge in [-0.2, -0.15) is 0 Å². The van der Waals surface area contributed by atoms with Crippen LogP contribution in [-0.2, 0) is 0 Å². The van der Waals surface area contributed by atoms with Crippen LogP contribution in [0, 0.1) is 18.6 Å². The van der Waals surface area contributed by atoms with Gasteiger partial charge >= 0.3 is 0 Å². The van der Waals surface area contributed by atoms with Crippen LogP contribution in [0.1, 0.15) is 16.1 Å². The van der Waals surface area contributed by atoms with Gasteiger partial charge in [0.15, 0.2) is 29.4 Å². The van der Waals surface area contributed by atoms with Crippen LogP contribution in [0.15, 0.2) is 12.1 Å². The van der Waals surface area contributed by atoms with E-state index in [1.165, 1.54) is 6.92 Å². The molecule has 2 aromatic rings. The first-order valence-electron chi connectivity index (χ1n) is 5.66. The maximum Gasteiger partial charge on any atom is 0.187 e. The van der Waals surface area contributed by atoms with E-state index in [0.29, 0.717) is 0 Å². The molecule has 8 heteroatoms. The number of hydrogen-bond donors (Lipinski definition) is 3. The molecule has 0 aliphatic heterocycles. The molecule has 0 aliphatic carbocycles. The highest BCUT2D eigenvalue weighted by Gasteiger charge is 2.16. The predicted octanol–water partition coefficient (Wildman–Crippen LogP) is 1.44. The Kier molecular flexibility index (Phi) is 5.25. The zero-order chi connectivity index (χ0) is 16.2. The highest BCUT2D eigenvalue weighted by molar-refractivity contribution is 5.80. The number of carbonyl (C=O) groups excluding carboxylic acids is 1. The molecular weight excluding hydrogens is 284 g/mol. The number of nitrogen functional groups attached to an aromatic ring is 1. The number of aryl methyl sites for hydroxylation is 1. The lowest BCUT2D eigenvalue weighted by Crippen LogP contribution is -2.03. The van der Waals surface area contributed by atoms with Crippen LogP contribution in [0.25, 0.3) is 11.4 Å². The van der Waals surface area contributed by atoms with E-state index in [1.807, 2.05) is 0 Å². The lowest BCUT2D eigenvalue weighted by atomic mass is 10.1. The van der Waals surface area contributed by atoms with Crippen LogP contribution in [0.3, 0.4) is 0 Å². The van der Waals surface area contributed by atoms with Crippen molar-refractivity contribution in [2.75, 3.05) is 12.8 Å². The molecule has 0 spiro atoms. The third-order valence-electron chi connectivity index (χ3n) is 2.54. The Morgan fingerprint density at radius 2 is 1.81 bits per heavy atom. The molecule has 0 atom stereocenters. The van der Waals surface area contributed by atoms with Gasteiger partial charge in [-0.25, -0.2) is 18.7 Å². The SMILES string of the molecule is CO.Cc1cc(F)c(-c2nc(N)c(O)c(C=O)n2)cc1F. The zero-order valence-electron chi connectivity index (χ0n) is 11.3. The Balaban J connectivity index is 0.00000106. The summed E-state index contributed by atoms with van der Waals surface area (Å²) in [6.45, 7) is 1.41. The summed E-state index contributed by atoms with van der Waals surface area (Å²) in [5.74, 6) is -2.63. The maximum absolute atomic E-state index is 13.7. The van der Waals surface area contributed by atoms with Crippen molar-refractivity contribution in [1.82, 2.24) is 9.97 Å². The van der Waals surface area contributed by atoms with E-state index in [2.05, 4.69) is 9.97 Å². The molecule has 0 aliphatic rings. The first kappa shape index (κ1) is 16.4. The number of aldehydes is 1. The molecule has 1 aromatic carbocycles. The average molecular weight is 297 g/mol. The third kappa shape index (κ3) is 3.29. The average Bonchev–Trinajstić information content (AvgIpc) is 2.48. The maximum atomic E-state index is 13.7. The van der Waals surface area contributed by atoms with E-state index >= 15 is 0 Å². The van der Waals surface area contributed by atoms with Crippen LogP contribution in [-0.4, -0.2) is 33.6 Å². The third-order valence-corrected chi connectivity index (χ3v) is 2.54. The van der Waals surface area contributed by atoms with Crippen molar-refractivity contribution in [1.29, 1.82) is 0 Å². The molecule has 21 heavy (non-hydrogen) atoms. The van der Waals surface area contributed by atoms with E-state index < -0.39 is 17.4 Å². The Labute approximate surface area is 118 Å². The first-order valence-corrected chi connectivity index (χ1v) is 5.66. The monoisotopic (exact) mass is 297 g/mol. The minimum absolute atomic E-state index is 0.128. The number of aliphatic hydroxyl groups is 1. The molecule has 4 N–H and O–H groups in total. The number of benzene rings is 1. The molecule has 0 fully saturated rings. The molecule has 0 saturated carbocycles. The van der Waals surface area contributed by atoms with Crippen LogP contribution in [0.4, 0.5) is 14.6 Å². The van der Waals surface area contributed by atoms with E-state index in [4.69, 9.17) is 10.8 Å². The summed E-state index contributed by atoms with van der Waals surface area (Å²) in [4.78, 5) is 18.0. The summed E-state index contributed by atoms with van der Waals surface area (Å²) in [6.07, 6.45) is 0.249.